The van der Waals surface area contributed by atoms with Gasteiger partial charge in [0.2, 0.25) is 0 Å². The van der Waals surface area contributed by atoms with Gasteiger partial charge in [-0.15, -0.1) is 0 Å². The summed E-state index contributed by atoms with van der Waals surface area (Å²) in [6, 6.07) is 9.07. The zero-order valence-electron chi connectivity index (χ0n) is 14.1. The number of guanidine groups is 1. The molecule has 1 saturated heterocycles. The lowest BCUT2D eigenvalue weighted by atomic mass is 10.1. The van der Waals surface area contributed by atoms with Gasteiger partial charge in [0.25, 0.3) is 0 Å². The lowest BCUT2D eigenvalue weighted by molar-refractivity contribution is 0.0420. The van der Waals surface area contributed by atoms with Crippen LogP contribution in [-0.4, -0.2) is 51.5 Å². The standard InChI is InChI=1S/C18H26BrN3O2/c1-20-18(21-8-2-9-24-15-7-10-23-12-15)22-17-11-16(17)13-3-5-14(19)6-4-13/h3-6,15-17H,2,7-12H2,1H3,(H2,20,21,22). The van der Waals surface area contributed by atoms with E-state index in [9.17, 15) is 0 Å². The fourth-order valence-corrected chi connectivity index (χ4v) is 3.24. The SMILES string of the molecule is CN=C(NCCCOC1CCOC1)NC1CC1c1ccc(Br)cc1. The molecule has 3 atom stereocenters. The van der Waals surface area contributed by atoms with E-state index < -0.39 is 0 Å². The van der Waals surface area contributed by atoms with Crippen LogP contribution in [0.1, 0.15) is 30.7 Å². The van der Waals surface area contributed by atoms with Crippen molar-refractivity contribution in [2.24, 2.45) is 4.99 Å². The third-order valence-corrected chi connectivity index (χ3v) is 5.02. The quantitative estimate of drug-likeness (QED) is 0.423. The summed E-state index contributed by atoms with van der Waals surface area (Å²) < 4.78 is 12.2. The number of nitrogens with one attached hydrogen (secondary N) is 2. The van der Waals surface area contributed by atoms with Crippen LogP contribution in [0.15, 0.2) is 33.7 Å². The van der Waals surface area contributed by atoms with Gasteiger partial charge in [-0.05, 0) is 37.0 Å². The van der Waals surface area contributed by atoms with E-state index in [0.717, 1.165) is 56.1 Å². The molecule has 0 aromatic heterocycles. The molecule has 6 heteroatoms. The third-order valence-electron chi connectivity index (χ3n) is 4.49. The van der Waals surface area contributed by atoms with Crippen LogP contribution in [0.4, 0.5) is 0 Å². The molecule has 1 heterocycles. The Balaban J connectivity index is 1.31. The summed E-state index contributed by atoms with van der Waals surface area (Å²) in [5.74, 6) is 1.46. The highest BCUT2D eigenvalue weighted by atomic mass is 79.9. The van der Waals surface area contributed by atoms with Crippen LogP contribution in [0.25, 0.3) is 0 Å². The molecule has 2 N–H and O–H groups in total. The van der Waals surface area contributed by atoms with E-state index in [-0.39, 0.29) is 0 Å². The molecular weight excluding hydrogens is 370 g/mol. The lowest BCUT2D eigenvalue weighted by Gasteiger charge is -2.13. The first-order valence-corrected chi connectivity index (χ1v) is 9.47. The lowest BCUT2D eigenvalue weighted by Crippen LogP contribution is -2.39. The molecule has 0 radical (unpaired) electrons. The summed E-state index contributed by atoms with van der Waals surface area (Å²) in [6.07, 6.45) is 3.45. The van der Waals surface area contributed by atoms with Crippen molar-refractivity contribution < 1.29 is 9.47 Å². The van der Waals surface area contributed by atoms with Crippen molar-refractivity contribution in [1.29, 1.82) is 0 Å². The molecule has 1 saturated carbocycles. The summed E-state index contributed by atoms with van der Waals surface area (Å²) in [7, 11) is 1.82. The van der Waals surface area contributed by atoms with Gasteiger partial charge in [-0.3, -0.25) is 4.99 Å². The Bertz CT molecular complexity index is 544. The van der Waals surface area contributed by atoms with Gasteiger partial charge in [-0.25, -0.2) is 0 Å². The summed E-state index contributed by atoms with van der Waals surface area (Å²) in [4.78, 5) is 4.31. The molecule has 1 aromatic carbocycles. The van der Waals surface area contributed by atoms with E-state index in [2.05, 4.69) is 55.8 Å². The molecule has 5 nitrogen and oxygen atoms in total. The smallest absolute Gasteiger partial charge is 0.191 e. The molecule has 132 valence electrons. The second kappa shape index (κ2) is 8.83. The molecule has 2 fully saturated rings. The zero-order valence-corrected chi connectivity index (χ0v) is 15.7. The first kappa shape index (κ1) is 17.7. The van der Waals surface area contributed by atoms with Gasteiger partial charge >= 0.3 is 0 Å². The Morgan fingerprint density at radius 3 is 2.92 bits per heavy atom. The number of benzene rings is 1. The number of aliphatic imine (C=N–C) groups is 1. The second-order valence-electron chi connectivity index (χ2n) is 6.35. The normalized spacial score (nSPS) is 26.4. The monoisotopic (exact) mass is 395 g/mol. The highest BCUT2D eigenvalue weighted by molar-refractivity contribution is 9.10. The number of hydrogen-bond acceptors (Lipinski definition) is 3. The number of rotatable bonds is 7. The first-order chi connectivity index (χ1) is 11.8. The van der Waals surface area contributed by atoms with Crippen LogP contribution in [0.2, 0.25) is 0 Å². The minimum absolute atomic E-state index is 0.292. The van der Waals surface area contributed by atoms with Crippen LogP contribution in [0, 0.1) is 0 Å². The van der Waals surface area contributed by atoms with Crippen molar-refractivity contribution >= 4 is 21.9 Å². The van der Waals surface area contributed by atoms with Crippen LogP contribution < -0.4 is 10.6 Å². The highest BCUT2D eigenvalue weighted by Crippen LogP contribution is 2.40. The van der Waals surface area contributed by atoms with Crippen molar-refractivity contribution in [2.75, 3.05) is 33.4 Å². The summed E-state index contributed by atoms with van der Waals surface area (Å²) in [5.41, 5.74) is 1.39. The van der Waals surface area contributed by atoms with Gasteiger partial charge in [-0.2, -0.15) is 0 Å². The molecule has 0 spiro atoms. The Morgan fingerprint density at radius 1 is 1.38 bits per heavy atom. The van der Waals surface area contributed by atoms with Gasteiger partial charge in [0.15, 0.2) is 5.96 Å². The number of nitrogens with zero attached hydrogens (tertiary/aromatic N) is 1. The van der Waals surface area contributed by atoms with Crippen LogP contribution in [0.5, 0.6) is 0 Å². The van der Waals surface area contributed by atoms with Gasteiger partial charge in [0.05, 0.1) is 12.7 Å². The van der Waals surface area contributed by atoms with Crippen molar-refractivity contribution in [3.05, 3.63) is 34.3 Å². The molecule has 24 heavy (non-hydrogen) atoms. The zero-order chi connectivity index (χ0) is 16.8. The minimum Gasteiger partial charge on any atom is -0.379 e. The Kier molecular flexibility index (Phi) is 6.51. The van der Waals surface area contributed by atoms with Gasteiger partial charge < -0.3 is 20.1 Å². The third kappa shape index (κ3) is 5.19. The Labute approximate surface area is 152 Å². The van der Waals surface area contributed by atoms with Crippen molar-refractivity contribution in [2.45, 2.75) is 37.3 Å². The van der Waals surface area contributed by atoms with Crippen molar-refractivity contribution in [3.63, 3.8) is 0 Å². The van der Waals surface area contributed by atoms with E-state index in [1.165, 1.54) is 5.56 Å². The maximum atomic E-state index is 5.77. The van der Waals surface area contributed by atoms with E-state index in [1.54, 1.807) is 0 Å². The summed E-state index contributed by atoms with van der Waals surface area (Å²) in [6.45, 7) is 3.21. The predicted molar refractivity (Wildman–Crippen MR) is 99.6 cm³/mol. The maximum absolute atomic E-state index is 5.77. The molecule has 1 aromatic rings. The molecule has 0 bridgehead atoms. The van der Waals surface area contributed by atoms with E-state index in [0.29, 0.717) is 18.1 Å². The Morgan fingerprint density at radius 2 is 2.21 bits per heavy atom. The van der Waals surface area contributed by atoms with Gasteiger partial charge in [0, 0.05) is 43.2 Å². The van der Waals surface area contributed by atoms with E-state index in [4.69, 9.17) is 9.47 Å². The predicted octanol–water partition coefficient (Wildman–Crippen LogP) is 2.67. The summed E-state index contributed by atoms with van der Waals surface area (Å²) >= 11 is 3.48. The molecule has 1 aliphatic heterocycles. The molecule has 1 aliphatic carbocycles. The molecule has 3 unspecified atom stereocenters. The topological polar surface area (TPSA) is 54.9 Å². The highest BCUT2D eigenvalue weighted by Gasteiger charge is 2.38. The van der Waals surface area contributed by atoms with Crippen LogP contribution in [-0.2, 0) is 9.47 Å². The van der Waals surface area contributed by atoms with Crippen molar-refractivity contribution in [1.82, 2.24) is 10.6 Å². The van der Waals surface area contributed by atoms with Crippen molar-refractivity contribution in [3.8, 4) is 0 Å². The molecule has 0 amide bonds. The number of hydrogen-bond donors (Lipinski definition) is 2. The number of ether oxygens (including phenoxy) is 2. The molecule has 3 rings (SSSR count). The van der Waals surface area contributed by atoms with E-state index >= 15 is 0 Å². The average Bonchev–Trinajstić information content (AvgIpc) is 3.15. The van der Waals surface area contributed by atoms with Crippen LogP contribution >= 0.6 is 15.9 Å². The first-order valence-electron chi connectivity index (χ1n) is 8.68. The van der Waals surface area contributed by atoms with Gasteiger partial charge in [0.1, 0.15) is 0 Å². The fourth-order valence-electron chi connectivity index (χ4n) is 2.98. The minimum atomic E-state index is 0.292. The van der Waals surface area contributed by atoms with E-state index in [1.807, 2.05) is 7.05 Å². The Hall–Kier alpha value is -1.11. The fraction of sp³-hybridized carbons (Fsp3) is 0.611. The average molecular weight is 396 g/mol. The number of halogens is 1. The maximum Gasteiger partial charge on any atom is 0.191 e. The molecule has 2 aliphatic rings. The second-order valence-corrected chi connectivity index (χ2v) is 7.27. The summed E-state index contributed by atoms with van der Waals surface area (Å²) in [5, 5.41) is 6.87. The van der Waals surface area contributed by atoms with Crippen LogP contribution in [0.3, 0.4) is 0 Å². The van der Waals surface area contributed by atoms with Gasteiger partial charge in [-0.1, -0.05) is 28.1 Å². The molecular formula is C18H26BrN3O2. The largest absolute Gasteiger partial charge is 0.379 e.